The van der Waals surface area contributed by atoms with Crippen LogP contribution < -0.4 is 5.19 Å². The minimum Gasteiger partial charge on any atom is -0.384 e. The first-order valence-electron chi connectivity index (χ1n) is 6.63. The number of hydrogen-bond donors (Lipinski definition) is 1. The number of allylic oxidation sites excluding steroid dienone is 2. The summed E-state index contributed by atoms with van der Waals surface area (Å²) in [7, 11) is -1.65. The highest BCUT2D eigenvalue weighted by atomic mass is 28.3. The SMILES string of the molecule is C[Si](C)(C[C@@H]1C=CC=CC(=O)[C@H]1O)c1ccccc1. The molecule has 0 saturated carbocycles. The van der Waals surface area contributed by atoms with Gasteiger partial charge in [-0.3, -0.25) is 4.79 Å². The van der Waals surface area contributed by atoms with Crippen LogP contribution in [0.4, 0.5) is 0 Å². The number of aliphatic hydroxyl groups is 1. The quantitative estimate of drug-likeness (QED) is 0.857. The minimum absolute atomic E-state index is 0.0793. The van der Waals surface area contributed by atoms with Gasteiger partial charge in [-0.1, -0.05) is 66.8 Å². The van der Waals surface area contributed by atoms with Crippen LogP contribution in [0.25, 0.3) is 0 Å². The second-order valence-electron chi connectivity index (χ2n) is 5.71. The maximum atomic E-state index is 11.7. The molecule has 0 fully saturated rings. The van der Waals surface area contributed by atoms with E-state index >= 15 is 0 Å². The van der Waals surface area contributed by atoms with E-state index in [0.717, 1.165) is 6.04 Å². The van der Waals surface area contributed by atoms with E-state index in [-0.39, 0.29) is 11.7 Å². The second-order valence-corrected chi connectivity index (χ2v) is 10.5. The van der Waals surface area contributed by atoms with E-state index in [2.05, 4.69) is 37.4 Å². The normalized spacial score (nSPS) is 23.4. The topological polar surface area (TPSA) is 37.3 Å². The van der Waals surface area contributed by atoms with E-state index in [1.165, 1.54) is 11.3 Å². The van der Waals surface area contributed by atoms with Crippen LogP contribution >= 0.6 is 0 Å². The van der Waals surface area contributed by atoms with Crippen LogP contribution in [-0.4, -0.2) is 25.1 Å². The average Bonchev–Trinajstić information content (AvgIpc) is 2.55. The number of benzene rings is 1. The molecule has 0 aromatic heterocycles. The summed E-state index contributed by atoms with van der Waals surface area (Å²) >= 11 is 0. The van der Waals surface area contributed by atoms with Gasteiger partial charge in [-0.15, -0.1) is 0 Å². The summed E-state index contributed by atoms with van der Waals surface area (Å²) < 4.78 is 0. The fourth-order valence-corrected chi connectivity index (χ4v) is 5.42. The largest absolute Gasteiger partial charge is 0.384 e. The molecule has 2 nitrogen and oxygen atoms in total. The molecule has 1 N–H and O–H groups in total. The second kappa shape index (κ2) is 5.68. The highest BCUT2D eigenvalue weighted by molar-refractivity contribution is 6.89. The summed E-state index contributed by atoms with van der Waals surface area (Å²) in [6.45, 7) is 4.57. The first kappa shape index (κ1) is 14.0. The fraction of sp³-hybridized carbons (Fsp3) is 0.312. The molecule has 100 valence electrons. The van der Waals surface area contributed by atoms with E-state index < -0.39 is 14.2 Å². The fourth-order valence-electron chi connectivity index (χ4n) is 2.55. The van der Waals surface area contributed by atoms with Gasteiger partial charge in [0.15, 0.2) is 5.78 Å². The van der Waals surface area contributed by atoms with Crippen LogP contribution in [0, 0.1) is 5.92 Å². The Kier molecular flexibility index (Phi) is 4.17. The number of ketones is 1. The molecule has 2 rings (SSSR count). The number of carbonyl (C=O) groups is 1. The lowest BCUT2D eigenvalue weighted by atomic mass is 10.0. The third-order valence-corrected chi connectivity index (χ3v) is 7.12. The smallest absolute Gasteiger partial charge is 0.184 e. The molecule has 1 aromatic carbocycles. The summed E-state index contributed by atoms with van der Waals surface area (Å²) in [5.41, 5.74) is 0. The molecule has 0 radical (unpaired) electrons. The Balaban J connectivity index is 2.18. The molecule has 3 heteroatoms. The standard InChI is InChI=1S/C16H20O2Si/c1-19(2,14-9-4-3-5-10-14)12-13-8-6-7-11-15(17)16(13)18/h3-11,13,16,18H,12H2,1-2H3/t13-,16-/m0/s1. The van der Waals surface area contributed by atoms with E-state index in [9.17, 15) is 9.90 Å². The summed E-state index contributed by atoms with van der Waals surface area (Å²) in [6, 6.07) is 11.3. The van der Waals surface area contributed by atoms with Crippen LogP contribution in [0.15, 0.2) is 54.6 Å². The molecule has 1 aromatic rings. The molecule has 0 heterocycles. The summed E-state index contributed by atoms with van der Waals surface area (Å²) in [5.74, 6) is -0.266. The van der Waals surface area contributed by atoms with Gasteiger partial charge < -0.3 is 5.11 Å². The molecule has 0 bridgehead atoms. The predicted molar refractivity (Wildman–Crippen MR) is 81.1 cm³/mol. The van der Waals surface area contributed by atoms with Crippen molar-refractivity contribution in [1.29, 1.82) is 0 Å². The van der Waals surface area contributed by atoms with Gasteiger partial charge in [-0.25, -0.2) is 0 Å². The maximum Gasteiger partial charge on any atom is 0.184 e. The molecule has 0 amide bonds. The monoisotopic (exact) mass is 272 g/mol. The average molecular weight is 272 g/mol. The van der Waals surface area contributed by atoms with E-state index in [1.807, 2.05) is 18.2 Å². The predicted octanol–water partition coefficient (Wildman–Crippen LogP) is 2.27. The van der Waals surface area contributed by atoms with E-state index in [1.54, 1.807) is 6.08 Å². The Labute approximate surface area is 115 Å². The lowest BCUT2D eigenvalue weighted by Crippen LogP contribution is -2.45. The van der Waals surface area contributed by atoms with Crippen LogP contribution in [0.3, 0.4) is 0 Å². The Morgan fingerprint density at radius 2 is 1.84 bits per heavy atom. The van der Waals surface area contributed by atoms with Crippen molar-refractivity contribution < 1.29 is 9.90 Å². The summed E-state index contributed by atoms with van der Waals surface area (Å²) in [6.07, 6.45) is 6.10. The van der Waals surface area contributed by atoms with Crippen LogP contribution in [0.5, 0.6) is 0 Å². The van der Waals surface area contributed by atoms with Gasteiger partial charge in [-0.2, -0.15) is 0 Å². The molecule has 2 atom stereocenters. The van der Waals surface area contributed by atoms with Crippen molar-refractivity contribution in [2.75, 3.05) is 0 Å². The Bertz CT molecular complexity index is 503. The van der Waals surface area contributed by atoms with Gasteiger partial charge in [0, 0.05) is 5.92 Å². The van der Waals surface area contributed by atoms with Crippen molar-refractivity contribution in [2.24, 2.45) is 5.92 Å². The molecule has 1 aliphatic carbocycles. The van der Waals surface area contributed by atoms with Gasteiger partial charge in [0.2, 0.25) is 0 Å². The van der Waals surface area contributed by atoms with Gasteiger partial charge in [0.1, 0.15) is 6.10 Å². The van der Waals surface area contributed by atoms with Crippen molar-refractivity contribution in [3.05, 3.63) is 54.6 Å². The Morgan fingerprint density at radius 1 is 1.16 bits per heavy atom. The number of aliphatic hydroxyl groups excluding tert-OH is 1. The molecule has 0 unspecified atom stereocenters. The van der Waals surface area contributed by atoms with Crippen molar-refractivity contribution in [2.45, 2.75) is 25.2 Å². The van der Waals surface area contributed by atoms with Gasteiger partial charge in [-0.05, 0) is 12.1 Å². The van der Waals surface area contributed by atoms with Gasteiger partial charge >= 0.3 is 0 Å². The van der Waals surface area contributed by atoms with Crippen molar-refractivity contribution in [3.63, 3.8) is 0 Å². The molecule has 0 spiro atoms. The first-order chi connectivity index (χ1) is 9.00. The molecule has 0 saturated heterocycles. The van der Waals surface area contributed by atoms with Crippen LogP contribution in [-0.2, 0) is 4.79 Å². The maximum absolute atomic E-state index is 11.7. The number of hydrogen-bond acceptors (Lipinski definition) is 2. The molecule has 19 heavy (non-hydrogen) atoms. The Hall–Kier alpha value is -1.45. The van der Waals surface area contributed by atoms with Gasteiger partial charge in [0.25, 0.3) is 0 Å². The zero-order chi connectivity index (χ0) is 13.9. The van der Waals surface area contributed by atoms with Crippen molar-refractivity contribution >= 4 is 19.0 Å². The molecule has 1 aliphatic rings. The first-order valence-corrected chi connectivity index (χ1v) is 9.84. The zero-order valence-electron chi connectivity index (χ0n) is 11.4. The minimum atomic E-state index is -1.65. The Morgan fingerprint density at radius 3 is 2.53 bits per heavy atom. The highest BCUT2D eigenvalue weighted by Gasteiger charge is 2.32. The number of carbonyl (C=O) groups excluding carboxylic acids is 1. The van der Waals surface area contributed by atoms with Crippen molar-refractivity contribution in [3.8, 4) is 0 Å². The van der Waals surface area contributed by atoms with Crippen LogP contribution in [0.1, 0.15) is 0 Å². The number of rotatable bonds is 3. The lowest BCUT2D eigenvalue weighted by molar-refractivity contribution is -0.123. The lowest BCUT2D eigenvalue weighted by Gasteiger charge is -2.28. The third-order valence-electron chi connectivity index (χ3n) is 3.73. The van der Waals surface area contributed by atoms with Crippen LogP contribution in [0.2, 0.25) is 19.1 Å². The van der Waals surface area contributed by atoms with E-state index in [4.69, 9.17) is 0 Å². The molecular weight excluding hydrogens is 252 g/mol. The highest BCUT2D eigenvalue weighted by Crippen LogP contribution is 2.23. The zero-order valence-corrected chi connectivity index (χ0v) is 12.4. The van der Waals surface area contributed by atoms with Crippen molar-refractivity contribution in [1.82, 2.24) is 0 Å². The van der Waals surface area contributed by atoms with Gasteiger partial charge in [0.05, 0.1) is 8.07 Å². The summed E-state index contributed by atoms with van der Waals surface area (Å²) in [5, 5.41) is 11.5. The third kappa shape index (κ3) is 3.31. The molecular formula is C16H20O2Si. The molecule has 0 aliphatic heterocycles. The van der Waals surface area contributed by atoms with E-state index in [0.29, 0.717) is 0 Å². The summed E-state index contributed by atoms with van der Waals surface area (Å²) in [4.78, 5) is 11.7.